The molecule has 1 saturated carbocycles. The van der Waals surface area contributed by atoms with E-state index in [0.717, 1.165) is 50.6 Å². The lowest BCUT2D eigenvalue weighted by atomic mass is 9.78. The van der Waals surface area contributed by atoms with Crippen molar-refractivity contribution in [1.29, 1.82) is 0 Å². The first-order valence-corrected chi connectivity index (χ1v) is 7.68. The minimum absolute atomic E-state index is 0.182. The van der Waals surface area contributed by atoms with Crippen LogP contribution in [0.15, 0.2) is 24.3 Å². The van der Waals surface area contributed by atoms with Gasteiger partial charge in [-0.25, -0.2) is 0 Å². The van der Waals surface area contributed by atoms with Gasteiger partial charge in [-0.05, 0) is 56.6 Å². The van der Waals surface area contributed by atoms with Crippen LogP contribution in [0.25, 0.3) is 0 Å². The lowest BCUT2D eigenvalue weighted by molar-refractivity contribution is 0.0873. The van der Waals surface area contributed by atoms with Crippen LogP contribution in [0.1, 0.15) is 48.0 Å². The molecular weight excluding hydrogens is 250 g/mol. The number of nitrogens with two attached hydrogens (primary N) is 1. The Morgan fingerprint density at radius 3 is 2.35 bits per heavy atom. The molecule has 0 aliphatic heterocycles. The summed E-state index contributed by atoms with van der Waals surface area (Å²) in [5.41, 5.74) is 7.70. The molecule has 3 N–H and O–H groups in total. The smallest absolute Gasteiger partial charge is 0.165 e. The van der Waals surface area contributed by atoms with Gasteiger partial charge in [-0.3, -0.25) is 4.79 Å². The lowest BCUT2D eigenvalue weighted by Crippen LogP contribution is -2.25. The third kappa shape index (κ3) is 3.90. The van der Waals surface area contributed by atoms with Crippen LogP contribution >= 0.6 is 0 Å². The van der Waals surface area contributed by atoms with Gasteiger partial charge in [0.1, 0.15) is 0 Å². The standard InChI is InChI=1S/C17H25NO2/c18-12-14-5-9-16(10-6-14)17(20)15-7-3-13(4-8-15)2-1-11-19/h3-4,7-8,14,16,19H,1-2,5-6,9-12,18H2. The molecule has 1 aromatic carbocycles. The topological polar surface area (TPSA) is 63.3 Å². The van der Waals surface area contributed by atoms with Gasteiger partial charge in [-0.15, -0.1) is 0 Å². The second-order valence-electron chi connectivity index (χ2n) is 5.84. The van der Waals surface area contributed by atoms with E-state index in [1.165, 1.54) is 5.56 Å². The first kappa shape index (κ1) is 15.2. The molecule has 0 amide bonds. The van der Waals surface area contributed by atoms with Crippen LogP contribution in [0.5, 0.6) is 0 Å². The van der Waals surface area contributed by atoms with Gasteiger partial charge in [-0.2, -0.15) is 0 Å². The Bertz CT molecular complexity index is 419. The number of Topliss-reactive ketones (excluding diaryl/α,β-unsaturated/α-hetero) is 1. The van der Waals surface area contributed by atoms with Gasteiger partial charge in [-0.1, -0.05) is 24.3 Å². The summed E-state index contributed by atoms with van der Waals surface area (Å²) in [6, 6.07) is 7.89. The molecule has 1 aromatic rings. The molecule has 0 spiro atoms. The van der Waals surface area contributed by atoms with Gasteiger partial charge in [0.05, 0.1) is 0 Å². The van der Waals surface area contributed by atoms with Crippen LogP contribution in [0.4, 0.5) is 0 Å². The molecule has 110 valence electrons. The number of hydrogen-bond acceptors (Lipinski definition) is 3. The Hall–Kier alpha value is -1.19. The van der Waals surface area contributed by atoms with E-state index in [1.807, 2.05) is 24.3 Å². The van der Waals surface area contributed by atoms with Gasteiger partial charge in [0, 0.05) is 18.1 Å². The number of rotatable bonds is 6. The highest BCUT2D eigenvalue weighted by atomic mass is 16.2. The van der Waals surface area contributed by atoms with E-state index in [9.17, 15) is 4.79 Å². The molecule has 1 fully saturated rings. The average Bonchev–Trinajstić information content (AvgIpc) is 2.53. The Kier molecular flexibility index (Phi) is 5.74. The van der Waals surface area contributed by atoms with Crippen molar-refractivity contribution >= 4 is 5.78 Å². The molecule has 1 aliphatic carbocycles. The zero-order valence-corrected chi connectivity index (χ0v) is 12.1. The van der Waals surface area contributed by atoms with Gasteiger partial charge in [0.2, 0.25) is 0 Å². The predicted octanol–water partition coefficient (Wildman–Crippen LogP) is 2.56. The van der Waals surface area contributed by atoms with Crippen LogP contribution in [0, 0.1) is 11.8 Å². The van der Waals surface area contributed by atoms with Crippen molar-refractivity contribution in [2.45, 2.75) is 38.5 Å². The highest BCUT2D eigenvalue weighted by Crippen LogP contribution is 2.30. The second-order valence-corrected chi connectivity index (χ2v) is 5.84. The zero-order valence-electron chi connectivity index (χ0n) is 12.1. The molecule has 3 nitrogen and oxygen atoms in total. The summed E-state index contributed by atoms with van der Waals surface area (Å²) in [5, 5.41) is 8.82. The molecule has 1 aliphatic rings. The Balaban J connectivity index is 1.92. The van der Waals surface area contributed by atoms with Crippen molar-refractivity contribution < 1.29 is 9.90 Å². The van der Waals surface area contributed by atoms with Gasteiger partial charge < -0.3 is 10.8 Å². The molecule has 3 heteroatoms. The Morgan fingerprint density at radius 1 is 1.15 bits per heavy atom. The van der Waals surface area contributed by atoms with E-state index in [-0.39, 0.29) is 18.3 Å². The highest BCUT2D eigenvalue weighted by molar-refractivity contribution is 5.97. The number of carbonyl (C=O) groups excluding carboxylic acids is 1. The number of ketones is 1. The van der Waals surface area contributed by atoms with E-state index < -0.39 is 0 Å². The number of carbonyl (C=O) groups is 1. The summed E-state index contributed by atoms with van der Waals surface area (Å²) >= 11 is 0. The summed E-state index contributed by atoms with van der Waals surface area (Å²) in [4.78, 5) is 12.4. The molecule has 0 bridgehead atoms. The Labute approximate surface area is 121 Å². The molecule has 0 aromatic heterocycles. The summed E-state index contributed by atoms with van der Waals surface area (Å²) in [6.45, 7) is 0.964. The van der Waals surface area contributed by atoms with Crippen LogP contribution in [-0.2, 0) is 6.42 Å². The van der Waals surface area contributed by atoms with Crippen molar-refractivity contribution in [2.24, 2.45) is 17.6 Å². The van der Waals surface area contributed by atoms with E-state index in [4.69, 9.17) is 10.8 Å². The van der Waals surface area contributed by atoms with E-state index in [0.29, 0.717) is 5.92 Å². The van der Waals surface area contributed by atoms with E-state index in [2.05, 4.69) is 0 Å². The largest absolute Gasteiger partial charge is 0.396 e. The number of aliphatic hydroxyl groups is 1. The maximum absolute atomic E-state index is 12.4. The second kappa shape index (κ2) is 7.55. The van der Waals surface area contributed by atoms with Gasteiger partial charge in [0.15, 0.2) is 5.78 Å². The number of aryl methyl sites for hydroxylation is 1. The quantitative estimate of drug-likeness (QED) is 0.784. The highest BCUT2D eigenvalue weighted by Gasteiger charge is 2.26. The summed E-state index contributed by atoms with van der Waals surface area (Å²) in [6.07, 6.45) is 5.77. The molecule has 0 radical (unpaired) electrons. The number of aliphatic hydroxyl groups excluding tert-OH is 1. The SMILES string of the molecule is NCC1CCC(C(=O)c2ccc(CCCO)cc2)CC1. The van der Waals surface area contributed by atoms with Crippen LogP contribution in [-0.4, -0.2) is 24.0 Å². The molecule has 20 heavy (non-hydrogen) atoms. The van der Waals surface area contributed by atoms with E-state index in [1.54, 1.807) is 0 Å². The summed E-state index contributed by atoms with van der Waals surface area (Å²) in [7, 11) is 0. The van der Waals surface area contributed by atoms with Crippen LogP contribution in [0.3, 0.4) is 0 Å². The fourth-order valence-corrected chi connectivity index (χ4v) is 3.01. The normalized spacial score (nSPS) is 22.7. The monoisotopic (exact) mass is 275 g/mol. The Morgan fingerprint density at radius 2 is 1.80 bits per heavy atom. The first-order chi connectivity index (χ1) is 9.74. The lowest BCUT2D eigenvalue weighted by Gasteiger charge is -2.26. The molecule has 0 heterocycles. The number of benzene rings is 1. The van der Waals surface area contributed by atoms with Gasteiger partial charge >= 0.3 is 0 Å². The molecule has 0 atom stereocenters. The fraction of sp³-hybridized carbons (Fsp3) is 0.588. The van der Waals surface area contributed by atoms with Gasteiger partial charge in [0.25, 0.3) is 0 Å². The molecular formula is C17H25NO2. The number of hydrogen-bond donors (Lipinski definition) is 2. The van der Waals surface area contributed by atoms with E-state index >= 15 is 0 Å². The zero-order chi connectivity index (χ0) is 14.4. The molecule has 0 saturated heterocycles. The third-order valence-corrected chi connectivity index (χ3v) is 4.41. The van der Waals surface area contributed by atoms with Crippen LogP contribution in [0.2, 0.25) is 0 Å². The molecule has 2 rings (SSSR count). The minimum Gasteiger partial charge on any atom is -0.396 e. The van der Waals surface area contributed by atoms with Crippen molar-refractivity contribution in [1.82, 2.24) is 0 Å². The van der Waals surface area contributed by atoms with Crippen molar-refractivity contribution in [3.05, 3.63) is 35.4 Å². The maximum atomic E-state index is 12.4. The van der Waals surface area contributed by atoms with Crippen molar-refractivity contribution in [3.8, 4) is 0 Å². The van der Waals surface area contributed by atoms with Crippen molar-refractivity contribution in [3.63, 3.8) is 0 Å². The van der Waals surface area contributed by atoms with Crippen LogP contribution < -0.4 is 5.73 Å². The first-order valence-electron chi connectivity index (χ1n) is 7.68. The maximum Gasteiger partial charge on any atom is 0.165 e. The average molecular weight is 275 g/mol. The minimum atomic E-state index is 0.182. The van der Waals surface area contributed by atoms with Crippen molar-refractivity contribution in [2.75, 3.05) is 13.2 Å². The molecule has 0 unspecified atom stereocenters. The fourth-order valence-electron chi connectivity index (χ4n) is 3.01. The summed E-state index contributed by atoms with van der Waals surface area (Å²) < 4.78 is 0. The summed E-state index contributed by atoms with van der Waals surface area (Å²) in [5.74, 6) is 1.08. The predicted molar refractivity (Wildman–Crippen MR) is 80.7 cm³/mol. The third-order valence-electron chi connectivity index (χ3n) is 4.41.